The number of carbonyl (C=O) groups excluding carboxylic acids is 1. The summed E-state index contributed by atoms with van der Waals surface area (Å²) in [4.78, 5) is 21.0. The van der Waals surface area contributed by atoms with Gasteiger partial charge in [0.15, 0.2) is 5.76 Å². The molecule has 0 saturated carbocycles. The molecule has 2 amide bonds. The Bertz CT molecular complexity index is 701. The van der Waals surface area contributed by atoms with Gasteiger partial charge in [-0.25, -0.2) is 10.2 Å². The van der Waals surface area contributed by atoms with E-state index in [4.69, 9.17) is 4.42 Å². The minimum Gasteiger partial charge on any atom is -0.399 e. The van der Waals surface area contributed by atoms with Crippen LogP contribution in [0.2, 0.25) is 0 Å². The summed E-state index contributed by atoms with van der Waals surface area (Å²) < 4.78 is 6.60. The monoisotopic (exact) mass is 292 g/mol. The minimum absolute atomic E-state index is 0.240. The van der Waals surface area contributed by atoms with Crippen molar-refractivity contribution in [1.29, 1.82) is 0 Å². The number of nitrogens with zero attached hydrogens (tertiary/aromatic N) is 4. The molecule has 0 aliphatic heterocycles. The normalized spacial score (nSPS) is 10.8. The first kappa shape index (κ1) is 14.2. The summed E-state index contributed by atoms with van der Waals surface area (Å²) in [6.45, 7) is 0. The number of aromatic nitrogens is 2. The van der Waals surface area contributed by atoms with Crippen molar-refractivity contribution in [3.8, 4) is 11.5 Å². The molecule has 2 N–H and O–H groups in total. The van der Waals surface area contributed by atoms with Crippen LogP contribution in [-0.4, -0.2) is 34.0 Å². The van der Waals surface area contributed by atoms with Crippen molar-refractivity contribution in [3.05, 3.63) is 34.0 Å². The number of hydrogen-bond acceptors (Lipinski definition) is 6. The topological polar surface area (TPSA) is 128 Å². The number of carbonyl (C=O) groups is 1. The van der Waals surface area contributed by atoms with Crippen LogP contribution in [0, 0.1) is 10.1 Å². The quantitative estimate of drug-likeness (QED) is 0.490. The highest BCUT2D eigenvalue weighted by Gasteiger charge is 2.17. The number of urea groups is 1. The molecule has 0 saturated heterocycles. The van der Waals surface area contributed by atoms with Crippen molar-refractivity contribution in [2.75, 3.05) is 7.05 Å². The summed E-state index contributed by atoms with van der Waals surface area (Å²) in [5.74, 6) is -0.134. The van der Waals surface area contributed by atoms with Crippen LogP contribution in [-0.2, 0) is 7.05 Å². The Balaban J connectivity index is 2.27. The zero-order valence-electron chi connectivity index (χ0n) is 11.2. The SMILES string of the molecule is CNC(=O)N/N=C/c1cn(C)nc1-c1ccc([N+](=O)[O-])o1. The predicted molar refractivity (Wildman–Crippen MR) is 72.7 cm³/mol. The molecule has 0 bridgehead atoms. The van der Waals surface area contributed by atoms with Crippen LogP contribution in [0.15, 0.2) is 27.8 Å². The third-order valence-electron chi connectivity index (χ3n) is 2.46. The summed E-state index contributed by atoms with van der Waals surface area (Å²) in [5, 5.41) is 20.9. The molecule has 0 atom stereocenters. The van der Waals surface area contributed by atoms with Gasteiger partial charge in [-0.05, 0) is 6.07 Å². The number of aryl methyl sites for hydroxylation is 1. The maximum atomic E-state index is 11.0. The summed E-state index contributed by atoms with van der Waals surface area (Å²) in [6.07, 6.45) is 3.00. The predicted octanol–water partition coefficient (Wildman–Crippen LogP) is 0.851. The van der Waals surface area contributed by atoms with Crippen molar-refractivity contribution in [3.63, 3.8) is 0 Å². The maximum Gasteiger partial charge on any atom is 0.433 e. The Kier molecular flexibility index (Phi) is 3.97. The van der Waals surface area contributed by atoms with E-state index >= 15 is 0 Å². The second kappa shape index (κ2) is 5.86. The van der Waals surface area contributed by atoms with Gasteiger partial charge in [0.2, 0.25) is 0 Å². The van der Waals surface area contributed by atoms with E-state index in [0.29, 0.717) is 11.3 Å². The molecule has 21 heavy (non-hydrogen) atoms. The molecule has 0 unspecified atom stereocenters. The summed E-state index contributed by atoms with van der Waals surface area (Å²) in [5.41, 5.74) is 3.16. The molecule has 10 nitrogen and oxygen atoms in total. The van der Waals surface area contributed by atoms with Crippen LogP contribution in [0.3, 0.4) is 0 Å². The summed E-state index contributed by atoms with van der Waals surface area (Å²) in [6, 6.07) is 2.22. The number of nitrogens with one attached hydrogen (secondary N) is 2. The van der Waals surface area contributed by atoms with Crippen molar-refractivity contribution in [1.82, 2.24) is 20.5 Å². The van der Waals surface area contributed by atoms with Gasteiger partial charge in [-0.15, -0.1) is 0 Å². The Hall–Kier alpha value is -3.17. The van der Waals surface area contributed by atoms with Gasteiger partial charge >= 0.3 is 11.9 Å². The molecule has 110 valence electrons. The summed E-state index contributed by atoms with van der Waals surface area (Å²) in [7, 11) is 3.15. The largest absolute Gasteiger partial charge is 0.433 e. The van der Waals surface area contributed by atoms with Gasteiger partial charge in [0.1, 0.15) is 10.6 Å². The Labute approximate surface area is 118 Å². The van der Waals surface area contributed by atoms with Crippen LogP contribution in [0.4, 0.5) is 10.7 Å². The second-order valence-electron chi connectivity index (χ2n) is 3.95. The molecule has 0 radical (unpaired) electrons. The number of rotatable bonds is 4. The first-order chi connectivity index (χ1) is 10.0. The molecule has 0 spiro atoms. The average molecular weight is 292 g/mol. The first-order valence-electron chi connectivity index (χ1n) is 5.80. The first-order valence-corrected chi connectivity index (χ1v) is 5.80. The van der Waals surface area contributed by atoms with E-state index in [9.17, 15) is 14.9 Å². The smallest absolute Gasteiger partial charge is 0.399 e. The highest BCUT2D eigenvalue weighted by atomic mass is 16.6. The standard InChI is InChI=1S/C11H12N6O4/c1-12-11(18)14-13-5-7-6-16(2)15-10(7)8-3-4-9(21-8)17(19)20/h3-6H,1-2H3,(H2,12,14,18)/b13-5+. The van der Waals surface area contributed by atoms with E-state index in [1.165, 1.54) is 30.1 Å². The third-order valence-corrected chi connectivity index (χ3v) is 2.46. The second-order valence-corrected chi connectivity index (χ2v) is 3.95. The molecule has 10 heteroatoms. The van der Waals surface area contributed by atoms with E-state index in [1.807, 2.05) is 0 Å². The molecule has 2 aromatic rings. The highest BCUT2D eigenvalue weighted by Crippen LogP contribution is 2.26. The van der Waals surface area contributed by atoms with E-state index in [0.717, 1.165) is 0 Å². The van der Waals surface area contributed by atoms with Crippen molar-refractivity contribution in [2.45, 2.75) is 0 Å². The van der Waals surface area contributed by atoms with Gasteiger partial charge < -0.3 is 9.73 Å². The van der Waals surface area contributed by atoms with Crippen LogP contribution >= 0.6 is 0 Å². The van der Waals surface area contributed by atoms with Crippen LogP contribution in [0.5, 0.6) is 0 Å². The minimum atomic E-state index is -0.632. The Morgan fingerprint density at radius 2 is 2.33 bits per heavy atom. The molecular formula is C11H12N6O4. The van der Waals surface area contributed by atoms with E-state index in [-0.39, 0.29) is 11.6 Å². The lowest BCUT2D eigenvalue weighted by Gasteiger charge is -1.96. The fourth-order valence-corrected chi connectivity index (χ4v) is 1.56. The number of hydrazone groups is 1. The summed E-state index contributed by atoms with van der Waals surface area (Å²) >= 11 is 0. The van der Waals surface area contributed by atoms with Gasteiger partial charge in [0.25, 0.3) is 0 Å². The molecule has 0 aliphatic rings. The molecule has 0 fully saturated rings. The zero-order chi connectivity index (χ0) is 15.4. The van der Waals surface area contributed by atoms with E-state index < -0.39 is 11.0 Å². The third kappa shape index (κ3) is 3.23. The number of nitro groups is 1. The molecule has 0 aliphatic carbocycles. The average Bonchev–Trinajstić information content (AvgIpc) is 3.05. The van der Waals surface area contributed by atoms with Gasteiger partial charge in [-0.1, -0.05) is 0 Å². The maximum absolute atomic E-state index is 11.0. The molecule has 2 aromatic heterocycles. The molecular weight excluding hydrogens is 280 g/mol. The molecule has 2 rings (SSSR count). The fraction of sp³-hybridized carbons (Fsp3) is 0.182. The van der Waals surface area contributed by atoms with Crippen molar-refractivity contribution in [2.24, 2.45) is 12.1 Å². The number of amides is 2. The van der Waals surface area contributed by atoms with E-state index in [1.54, 1.807) is 13.2 Å². The molecule has 0 aromatic carbocycles. The number of furan rings is 1. The van der Waals surface area contributed by atoms with Gasteiger partial charge in [0, 0.05) is 25.9 Å². The van der Waals surface area contributed by atoms with Gasteiger partial charge in [-0.3, -0.25) is 14.8 Å². The Morgan fingerprint density at radius 1 is 1.57 bits per heavy atom. The fourth-order valence-electron chi connectivity index (χ4n) is 1.56. The van der Waals surface area contributed by atoms with Crippen LogP contribution < -0.4 is 10.7 Å². The highest BCUT2D eigenvalue weighted by molar-refractivity contribution is 5.88. The van der Waals surface area contributed by atoms with Gasteiger partial charge in [0.05, 0.1) is 12.3 Å². The lowest BCUT2D eigenvalue weighted by molar-refractivity contribution is -0.401. The van der Waals surface area contributed by atoms with Crippen molar-refractivity contribution >= 4 is 18.1 Å². The Morgan fingerprint density at radius 3 is 2.95 bits per heavy atom. The molecule has 2 heterocycles. The van der Waals surface area contributed by atoms with Gasteiger partial charge in [-0.2, -0.15) is 10.2 Å². The van der Waals surface area contributed by atoms with Crippen LogP contribution in [0.25, 0.3) is 11.5 Å². The lowest BCUT2D eigenvalue weighted by atomic mass is 10.2. The zero-order valence-corrected chi connectivity index (χ0v) is 11.2. The number of hydrogen-bond donors (Lipinski definition) is 2. The lowest BCUT2D eigenvalue weighted by Crippen LogP contribution is -2.28. The van der Waals surface area contributed by atoms with E-state index in [2.05, 4.69) is 20.9 Å². The van der Waals surface area contributed by atoms with Crippen LogP contribution in [0.1, 0.15) is 5.56 Å². The van der Waals surface area contributed by atoms with Crippen molar-refractivity contribution < 1.29 is 14.1 Å².